The minimum Gasteiger partial charge on any atom is -0.506 e. The zero-order valence-corrected chi connectivity index (χ0v) is 17.2. The number of pyridine rings is 1. The van der Waals surface area contributed by atoms with Gasteiger partial charge in [0.15, 0.2) is 0 Å². The highest BCUT2D eigenvalue weighted by Gasteiger charge is 2.48. The quantitative estimate of drug-likeness (QED) is 0.828. The highest BCUT2D eigenvalue weighted by Crippen LogP contribution is 2.45. The topological polar surface area (TPSA) is 56.6 Å². The molecule has 4 heteroatoms. The highest BCUT2D eigenvalue weighted by atomic mass is 16.3. The minimum absolute atomic E-state index is 0.217. The Bertz CT molecular complexity index is 799. The lowest BCUT2D eigenvalue weighted by atomic mass is 9.90. The van der Waals surface area contributed by atoms with Crippen molar-refractivity contribution in [2.45, 2.75) is 51.6 Å². The fourth-order valence-electron chi connectivity index (χ4n) is 5.57. The maximum atomic E-state index is 11.3. The largest absolute Gasteiger partial charge is 0.506 e. The van der Waals surface area contributed by atoms with Crippen molar-refractivity contribution < 1.29 is 10.2 Å². The van der Waals surface area contributed by atoms with Gasteiger partial charge in [0, 0.05) is 37.7 Å². The number of rotatable bonds is 5. The Hall–Kier alpha value is -1.91. The van der Waals surface area contributed by atoms with E-state index in [1.807, 2.05) is 6.07 Å². The van der Waals surface area contributed by atoms with Crippen LogP contribution in [-0.2, 0) is 6.42 Å². The maximum absolute atomic E-state index is 11.3. The standard InChI is InChI=1S/C24H32N2O2/c1-16-6-17(2)8-19(7-16)9-24(28)10-20-14-26(15-21(20)11-24)13-18(3)23-5-4-22(27)12-25-23/h4-8,12,18,20-21,27-28H,9-11,13-15H2,1-3H3/t18?,20-,21+,24-. The first-order valence-electron chi connectivity index (χ1n) is 10.5. The Morgan fingerprint density at radius 1 is 1.11 bits per heavy atom. The van der Waals surface area contributed by atoms with Crippen LogP contribution in [0.5, 0.6) is 5.75 Å². The average Bonchev–Trinajstić information content (AvgIpc) is 3.08. The molecule has 0 radical (unpaired) electrons. The number of aromatic hydroxyl groups is 1. The molecule has 28 heavy (non-hydrogen) atoms. The smallest absolute Gasteiger partial charge is 0.133 e. The predicted molar refractivity (Wildman–Crippen MR) is 112 cm³/mol. The Kier molecular flexibility index (Phi) is 5.19. The maximum Gasteiger partial charge on any atom is 0.133 e. The van der Waals surface area contributed by atoms with Gasteiger partial charge in [-0.1, -0.05) is 36.2 Å². The van der Waals surface area contributed by atoms with Crippen LogP contribution in [0, 0.1) is 25.7 Å². The van der Waals surface area contributed by atoms with E-state index in [-0.39, 0.29) is 5.75 Å². The normalized spacial score (nSPS) is 28.4. The third-order valence-corrected chi connectivity index (χ3v) is 6.56. The van der Waals surface area contributed by atoms with Gasteiger partial charge < -0.3 is 15.1 Å². The first-order chi connectivity index (χ1) is 13.3. The SMILES string of the molecule is Cc1cc(C)cc(C[C@]2(O)C[C@H]3CN(CC(C)c4ccc(O)cn4)C[C@H]3C2)c1. The van der Waals surface area contributed by atoms with E-state index in [0.29, 0.717) is 17.8 Å². The Morgan fingerprint density at radius 2 is 1.75 bits per heavy atom. The molecule has 2 N–H and O–H groups in total. The van der Waals surface area contributed by atoms with Crippen molar-refractivity contribution in [2.75, 3.05) is 19.6 Å². The average molecular weight is 381 g/mol. The molecular formula is C24H32N2O2. The van der Waals surface area contributed by atoms with Crippen LogP contribution in [0.15, 0.2) is 36.5 Å². The molecule has 150 valence electrons. The fraction of sp³-hybridized carbons (Fsp3) is 0.542. The van der Waals surface area contributed by atoms with Crippen LogP contribution in [-0.4, -0.2) is 45.3 Å². The zero-order chi connectivity index (χ0) is 19.9. The second-order valence-corrected chi connectivity index (χ2v) is 9.39. The molecule has 1 unspecified atom stereocenters. The first-order valence-corrected chi connectivity index (χ1v) is 10.5. The molecular weight excluding hydrogens is 348 g/mol. The number of hydrogen-bond acceptors (Lipinski definition) is 4. The van der Waals surface area contributed by atoms with Gasteiger partial charge in [-0.2, -0.15) is 0 Å². The van der Waals surface area contributed by atoms with Gasteiger partial charge in [-0.3, -0.25) is 4.98 Å². The summed E-state index contributed by atoms with van der Waals surface area (Å²) < 4.78 is 0. The molecule has 1 aromatic heterocycles. The summed E-state index contributed by atoms with van der Waals surface area (Å²) in [6, 6.07) is 10.3. The summed E-state index contributed by atoms with van der Waals surface area (Å²) in [5.41, 5.74) is 4.30. The molecule has 1 aliphatic heterocycles. The number of hydrogen-bond donors (Lipinski definition) is 2. The second-order valence-electron chi connectivity index (χ2n) is 9.39. The summed E-state index contributed by atoms with van der Waals surface area (Å²) in [5, 5.41) is 20.7. The molecule has 2 aliphatic rings. The molecule has 2 aromatic rings. The van der Waals surface area contributed by atoms with Gasteiger partial charge in [-0.25, -0.2) is 0 Å². The Balaban J connectivity index is 1.34. The third-order valence-electron chi connectivity index (χ3n) is 6.56. The highest BCUT2D eigenvalue weighted by molar-refractivity contribution is 5.30. The molecule has 0 amide bonds. The molecule has 4 nitrogen and oxygen atoms in total. The molecule has 1 aromatic carbocycles. The van der Waals surface area contributed by atoms with Crippen LogP contribution in [0.4, 0.5) is 0 Å². The summed E-state index contributed by atoms with van der Waals surface area (Å²) >= 11 is 0. The van der Waals surface area contributed by atoms with Crippen LogP contribution in [0.25, 0.3) is 0 Å². The van der Waals surface area contributed by atoms with Crippen molar-refractivity contribution in [1.82, 2.24) is 9.88 Å². The van der Waals surface area contributed by atoms with Crippen molar-refractivity contribution >= 4 is 0 Å². The van der Waals surface area contributed by atoms with Crippen molar-refractivity contribution in [2.24, 2.45) is 11.8 Å². The number of likely N-dealkylation sites (tertiary alicyclic amines) is 1. The summed E-state index contributed by atoms with van der Waals surface area (Å²) in [5.74, 6) is 1.75. The van der Waals surface area contributed by atoms with Crippen LogP contribution in [0.1, 0.15) is 48.1 Å². The van der Waals surface area contributed by atoms with E-state index < -0.39 is 5.60 Å². The van der Waals surface area contributed by atoms with Crippen LogP contribution < -0.4 is 0 Å². The van der Waals surface area contributed by atoms with E-state index in [2.05, 4.69) is 48.9 Å². The lowest BCUT2D eigenvalue weighted by Gasteiger charge is -2.27. The number of aryl methyl sites for hydroxylation is 2. The van der Waals surface area contributed by atoms with Gasteiger partial charge in [-0.05, 0) is 56.2 Å². The van der Waals surface area contributed by atoms with Gasteiger partial charge in [0.25, 0.3) is 0 Å². The second kappa shape index (κ2) is 7.49. The van der Waals surface area contributed by atoms with Crippen LogP contribution >= 0.6 is 0 Å². The number of nitrogens with zero attached hydrogens (tertiary/aromatic N) is 2. The number of fused-ring (bicyclic) bond motifs is 1. The molecule has 2 fully saturated rings. The summed E-state index contributed by atoms with van der Waals surface area (Å²) in [4.78, 5) is 6.89. The minimum atomic E-state index is -0.550. The van der Waals surface area contributed by atoms with Gasteiger partial charge >= 0.3 is 0 Å². The number of aliphatic hydroxyl groups is 1. The number of aromatic nitrogens is 1. The lowest BCUT2D eigenvalue weighted by Crippen LogP contribution is -2.33. The van der Waals surface area contributed by atoms with E-state index in [1.165, 1.54) is 22.9 Å². The molecule has 1 saturated carbocycles. The van der Waals surface area contributed by atoms with Crippen LogP contribution in [0.2, 0.25) is 0 Å². The van der Waals surface area contributed by atoms with Crippen molar-refractivity contribution in [3.63, 3.8) is 0 Å². The third kappa shape index (κ3) is 4.23. The molecule has 4 rings (SSSR count). The molecule has 0 bridgehead atoms. The van der Waals surface area contributed by atoms with E-state index in [1.54, 1.807) is 6.07 Å². The van der Waals surface area contributed by atoms with E-state index >= 15 is 0 Å². The van der Waals surface area contributed by atoms with Crippen LogP contribution in [0.3, 0.4) is 0 Å². The summed E-state index contributed by atoms with van der Waals surface area (Å²) in [7, 11) is 0. The number of benzene rings is 1. The van der Waals surface area contributed by atoms with Crippen molar-refractivity contribution in [3.8, 4) is 5.75 Å². The van der Waals surface area contributed by atoms with E-state index in [4.69, 9.17) is 0 Å². The van der Waals surface area contributed by atoms with E-state index in [0.717, 1.165) is 44.6 Å². The zero-order valence-electron chi connectivity index (χ0n) is 17.2. The van der Waals surface area contributed by atoms with Gasteiger partial charge in [0.1, 0.15) is 5.75 Å². The van der Waals surface area contributed by atoms with Gasteiger partial charge in [0.05, 0.1) is 11.8 Å². The lowest BCUT2D eigenvalue weighted by molar-refractivity contribution is 0.0353. The fourth-order valence-corrected chi connectivity index (χ4v) is 5.57. The van der Waals surface area contributed by atoms with Gasteiger partial charge in [0.2, 0.25) is 0 Å². The summed E-state index contributed by atoms with van der Waals surface area (Å²) in [6.07, 6.45) is 4.12. The molecule has 4 atom stereocenters. The first kappa shape index (κ1) is 19.4. The Morgan fingerprint density at radius 3 is 2.32 bits per heavy atom. The molecule has 0 spiro atoms. The predicted octanol–water partition coefficient (Wildman–Crippen LogP) is 3.82. The summed E-state index contributed by atoms with van der Waals surface area (Å²) in [6.45, 7) is 9.59. The van der Waals surface area contributed by atoms with Crippen molar-refractivity contribution in [3.05, 3.63) is 58.9 Å². The van der Waals surface area contributed by atoms with Crippen molar-refractivity contribution in [1.29, 1.82) is 0 Å². The Labute approximate surface area is 168 Å². The monoisotopic (exact) mass is 380 g/mol. The molecule has 1 aliphatic carbocycles. The van der Waals surface area contributed by atoms with E-state index in [9.17, 15) is 10.2 Å². The van der Waals surface area contributed by atoms with Gasteiger partial charge in [-0.15, -0.1) is 0 Å². The molecule has 2 heterocycles. The molecule has 1 saturated heterocycles.